The minimum absolute atomic E-state index is 0.406. The average Bonchev–Trinajstić information content (AvgIpc) is 2.05. The van der Waals surface area contributed by atoms with Crippen molar-refractivity contribution in [1.82, 2.24) is 0 Å². The van der Waals surface area contributed by atoms with E-state index in [9.17, 15) is 3.83 Å². The van der Waals surface area contributed by atoms with Crippen molar-refractivity contribution in [3.8, 4) is 5.75 Å². The fourth-order valence-electron chi connectivity index (χ4n) is 0.742. The van der Waals surface area contributed by atoms with Crippen LogP contribution in [0.1, 0.15) is 5.56 Å². The molecule has 0 fully saturated rings. The van der Waals surface area contributed by atoms with Crippen molar-refractivity contribution in [2.75, 3.05) is 0 Å². The molecule has 0 amide bonds. The van der Waals surface area contributed by atoms with Crippen LogP contribution in [-0.2, 0) is 3.83 Å². The average molecular weight is 231 g/mol. The Balaban J connectivity index is 2.77. The molecule has 0 aliphatic rings. The minimum atomic E-state index is -3.08. The molecule has 1 aromatic carbocycles. The third-order valence-electron chi connectivity index (χ3n) is 1.28. The van der Waals surface area contributed by atoms with Gasteiger partial charge in [-0.3, -0.25) is 0 Å². The normalized spacial score (nSPS) is 12.1. The van der Waals surface area contributed by atoms with Gasteiger partial charge in [0.2, 0.25) is 0 Å². The van der Waals surface area contributed by atoms with Crippen LogP contribution >= 0.6 is 0 Å². The first-order valence-corrected chi connectivity index (χ1v) is 5.40. The summed E-state index contributed by atoms with van der Waals surface area (Å²) in [4.78, 5) is 0. The van der Waals surface area contributed by atoms with Gasteiger partial charge >= 0.3 is 74.6 Å². The van der Waals surface area contributed by atoms with Gasteiger partial charge in [-0.15, -0.1) is 0 Å². The monoisotopic (exact) mass is 232 g/mol. The first-order chi connectivity index (χ1) is 5.72. The zero-order valence-corrected chi connectivity index (χ0v) is 7.98. The van der Waals surface area contributed by atoms with Crippen LogP contribution < -0.4 is 3.82 Å². The summed E-state index contributed by atoms with van der Waals surface area (Å²) in [5, 5.41) is 0. The Morgan fingerprint density at radius 3 is 2.42 bits per heavy atom. The Kier molecular flexibility index (Phi) is 3.17. The topological polar surface area (TPSA) is 46.5 Å². The summed E-state index contributed by atoms with van der Waals surface area (Å²) in [6.07, 6.45) is 1.69. The fraction of sp³-hybridized carbons (Fsp3) is 0. The van der Waals surface area contributed by atoms with Crippen LogP contribution in [0, 0.1) is 0 Å². The van der Waals surface area contributed by atoms with E-state index >= 15 is 0 Å². The van der Waals surface area contributed by atoms with Crippen molar-refractivity contribution >= 4 is 20.6 Å². The summed E-state index contributed by atoms with van der Waals surface area (Å²) in [7, 11) is 0. The van der Waals surface area contributed by atoms with Gasteiger partial charge in [0.25, 0.3) is 0 Å². The summed E-state index contributed by atoms with van der Waals surface area (Å²) in [5.74, 6) is 0.406. The zero-order valence-electron chi connectivity index (χ0n) is 6.27. The van der Waals surface area contributed by atoms with Crippen molar-refractivity contribution in [3.05, 3.63) is 36.4 Å². The third kappa shape index (κ3) is 2.58. The maximum atomic E-state index is 10.3. The molecular weight excluding hydrogens is 223 g/mol. The van der Waals surface area contributed by atoms with E-state index in [2.05, 4.69) is 10.4 Å². The molecule has 3 nitrogen and oxygen atoms in total. The molecule has 1 unspecified atom stereocenters. The Hall–Kier alpha value is -0.961. The molecule has 0 aromatic heterocycles. The summed E-state index contributed by atoms with van der Waals surface area (Å²) < 4.78 is 23.4. The first-order valence-electron chi connectivity index (χ1n) is 3.24. The van der Waals surface area contributed by atoms with Gasteiger partial charge in [-0.1, -0.05) is 0 Å². The van der Waals surface area contributed by atoms with E-state index in [4.69, 9.17) is 4.19 Å². The molecule has 0 saturated heterocycles. The molecule has 0 radical (unpaired) electrons. The van der Waals surface area contributed by atoms with Crippen LogP contribution in [0.4, 0.5) is 0 Å². The predicted octanol–water partition coefficient (Wildman–Crippen LogP) is 1.12. The second kappa shape index (κ2) is 4.16. The summed E-state index contributed by atoms with van der Waals surface area (Å²) in [6, 6.07) is 6.77. The first kappa shape index (κ1) is 9.13. The number of hydrogen-bond donors (Lipinski definition) is 1. The zero-order chi connectivity index (χ0) is 8.97. The second-order valence-electron chi connectivity index (χ2n) is 2.07. The van der Waals surface area contributed by atoms with E-state index in [1.165, 1.54) is 0 Å². The maximum absolute atomic E-state index is 10.3. The van der Waals surface area contributed by atoms with Crippen molar-refractivity contribution in [1.29, 1.82) is 0 Å². The summed E-state index contributed by atoms with van der Waals surface area (Å²) >= 11 is -3.08. The summed E-state index contributed by atoms with van der Waals surface area (Å²) in [5.41, 5.74) is 0.947. The van der Waals surface area contributed by atoms with E-state index in [1.54, 1.807) is 30.3 Å². The number of benzene rings is 1. The van der Waals surface area contributed by atoms with Crippen LogP contribution in [0.15, 0.2) is 30.8 Å². The van der Waals surface area contributed by atoms with E-state index < -0.39 is 14.5 Å². The molecule has 0 spiro atoms. The molecular formula is C8H8O3Se. The van der Waals surface area contributed by atoms with Crippen molar-refractivity contribution < 1.29 is 11.8 Å². The quantitative estimate of drug-likeness (QED) is 0.793. The molecule has 1 aromatic rings. The van der Waals surface area contributed by atoms with Crippen LogP contribution in [0.3, 0.4) is 0 Å². The molecule has 1 rings (SSSR count). The molecule has 4 heteroatoms. The summed E-state index contributed by atoms with van der Waals surface area (Å²) in [6.45, 7) is 3.58. The van der Waals surface area contributed by atoms with Gasteiger partial charge in [-0.05, 0) is 0 Å². The molecule has 12 heavy (non-hydrogen) atoms. The fourth-order valence-corrected chi connectivity index (χ4v) is 1.32. The Labute approximate surface area is 75.0 Å². The second-order valence-corrected chi connectivity index (χ2v) is 3.33. The molecule has 0 bridgehead atoms. The number of hydrogen-bond acceptors (Lipinski definition) is 2. The van der Waals surface area contributed by atoms with E-state index in [0.717, 1.165) is 5.56 Å². The van der Waals surface area contributed by atoms with E-state index in [1.807, 2.05) is 0 Å². The standard InChI is InChI=1S/C8H8O3Se/c1-2-7-3-5-8(6-4-7)11-12(9)10/h2-6H,1H2,(H,9,10). The third-order valence-corrected chi connectivity index (χ3v) is 1.99. The van der Waals surface area contributed by atoms with Gasteiger partial charge in [-0.2, -0.15) is 0 Å². The van der Waals surface area contributed by atoms with Gasteiger partial charge in [0.1, 0.15) is 0 Å². The number of rotatable bonds is 3. The van der Waals surface area contributed by atoms with Crippen LogP contribution in [0.25, 0.3) is 6.08 Å². The van der Waals surface area contributed by atoms with Crippen LogP contribution in [0.2, 0.25) is 0 Å². The molecule has 1 N–H and O–H groups in total. The Bertz CT molecular complexity index is 292. The van der Waals surface area contributed by atoms with Crippen LogP contribution in [-0.4, -0.2) is 18.7 Å². The van der Waals surface area contributed by atoms with E-state index in [0.29, 0.717) is 5.75 Å². The van der Waals surface area contributed by atoms with Crippen LogP contribution in [0.5, 0.6) is 5.75 Å². The Morgan fingerprint density at radius 1 is 1.42 bits per heavy atom. The molecule has 0 aliphatic heterocycles. The van der Waals surface area contributed by atoms with Crippen molar-refractivity contribution in [2.45, 2.75) is 0 Å². The van der Waals surface area contributed by atoms with Gasteiger partial charge in [0, 0.05) is 0 Å². The molecule has 1 atom stereocenters. The SMILES string of the molecule is C=Cc1ccc(O[Se](=O)O)cc1. The predicted molar refractivity (Wildman–Crippen MR) is 45.8 cm³/mol. The molecule has 0 heterocycles. The molecule has 64 valence electrons. The van der Waals surface area contributed by atoms with Crippen molar-refractivity contribution in [3.63, 3.8) is 0 Å². The van der Waals surface area contributed by atoms with Gasteiger partial charge < -0.3 is 0 Å². The Morgan fingerprint density at radius 2 is 2.00 bits per heavy atom. The van der Waals surface area contributed by atoms with Gasteiger partial charge in [-0.25, -0.2) is 0 Å². The molecule has 0 aliphatic carbocycles. The van der Waals surface area contributed by atoms with Crippen molar-refractivity contribution in [2.24, 2.45) is 0 Å². The van der Waals surface area contributed by atoms with Gasteiger partial charge in [0.15, 0.2) is 0 Å². The van der Waals surface area contributed by atoms with E-state index in [-0.39, 0.29) is 0 Å². The molecule has 0 saturated carbocycles. The van der Waals surface area contributed by atoms with Gasteiger partial charge in [0.05, 0.1) is 0 Å².